The van der Waals surface area contributed by atoms with Crippen LogP contribution >= 0.6 is 11.6 Å². The van der Waals surface area contributed by atoms with Gasteiger partial charge in [-0.15, -0.1) is 0 Å². The zero-order valence-corrected chi connectivity index (χ0v) is 10.9. The van der Waals surface area contributed by atoms with Crippen LogP contribution in [0.2, 0.25) is 5.02 Å². The van der Waals surface area contributed by atoms with E-state index in [0.717, 1.165) is 16.7 Å². The van der Waals surface area contributed by atoms with E-state index in [9.17, 15) is 5.11 Å². The van der Waals surface area contributed by atoms with E-state index in [1.807, 2.05) is 54.6 Å². The first-order valence-corrected chi connectivity index (χ1v) is 6.25. The zero-order valence-electron chi connectivity index (χ0n) is 10.2. The van der Waals surface area contributed by atoms with Crippen LogP contribution in [0.25, 0.3) is 12.2 Å². The summed E-state index contributed by atoms with van der Waals surface area (Å²) in [5, 5.41) is 10.4. The van der Waals surface area contributed by atoms with Crippen molar-refractivity contribution in [2.24, 2.45) is 0 Å². The Hall–Kier alpha value is -1.57. The van der Waals surface area contributed by atoms with Gasteiger partial charge in [-0.2, -0.15) is 0 Å². The molecule has 0 fully saturated rings. The Morgan fingerprint density at radius 3 is 2.44 bits per heavy atom. The van der Waals surface area contributed by atoms with Gasteiger partial charge in [0.15, 0.2) is 0 Å². The molecule has 0 saturated carbocycles. The molecule has 2 heteroatoms. The first kappa shape index (κ1) is 12.9. The molecule has 0 saturated heterocycles. The lowest BCUT2D eigenvalue weighted by Crippen LogP contribution is -1.94. The minimum atomic E-state index is -0.502. The molecular weight excluding hydrogens is 244 g/mol. The molecule has 1 atom stereocenters. The maximum atomic E-state index is 9.72. The lowest BCUT2D eigenvalue weighted by atomic mass is 10.0. The molecule has 0 aliphatic rings. The predicted molar refractivity (Wildman–Crippen MR) is 77.5 cm³/mol. The number of halogens is 1. The predicted octanol–water partition coefficient (Wildman–Crippen LogP) is 4.56. The normalized spacial score (nSPS) is 12.8. The smallest absolute Gasteiger partial charge is 0.0767 e. The van der Waals surface area contributed by atoms with Crippen LogP contribution in [-0.2, 0) is 0 Å². The molecule has 18 heavy (non-hydrogen) atoms. The van der Waals surface area contributed by atoms with Gasteiger partial charge in [0.1, 0.15) is 0 Å². The van der Waals surface area contributed by atoms with Gasteiger partial charge in [0.25, 0.3) is 0 Å². The molecule has 2 rings (SSSR count). The molecule has 2 aromatic rings. The summed E-state index contributed by atoms with van der Waals surface area (Å²) in [6.45, 7) is 1.75. The molecule has 1 nitrogen and oxygen atoms in total. The maximum absolute atomic E-state index is 9.72. The second-order valence-corrected chi connectivity index (χ2v) is 4.63. The summed E-state index contributed by atoms with van der Waals surface area (Å²) < 4.78 is 0. The Balaban J connectivity index is 2.33. The molecule has 0 radical (unpaired) electrons. The van der Waals surface area contributed by atoms with Crippen molar-refractivity contribution in [1.29, 1.82) is 0 Å². The van der Waals surface area contributed by atoms with E-state index in [2.05, 4.69) is 0 Å². The number of aliphatic hydroxyl groups excluding tert-OH is 1. The van der Waals surface area contributed by atoms with E-state index in [-0.39, 0.29) is 0 Å². The first-order valence-electron chi connectivity index (χ1n) is 5.87. The monoisotopic (exact) mass is 258 g/mol. The van der Waals surface area contributed by atoms with E-state index < -0.39 is 6.10 Å². The van der Waals surface area contributed by atoms with E-state index >= 15 is 0 Å². The van der Waals surface area contributed by atoms with E-state index in [4.69, 9.17) is 11.6 Å². The van der Waals surface area contributed by atoms with Crippen LogP contribution in [0.4, 0.5) is 0 Å². The van der Waals surface area contributed by atoms with Crippen LogP contribution in [0.1, 0.15) is 29.7 Å². The first-order chi connectivity index (χ1) is 8.66. The molecule has 0 heterocycles. The summed E-state index contributed by atoms with van der Waals surface area (Å²) in [5.74, 6) is 0. The van der Waals surface area contributed by atoms with Gasteiger partial charge in [-0.3, -0.25) is 0 Å². The lowest BCUT2D eigenvalue weighted by Gasteiger charge is -2.09. The highest BCUT2D eigenvalue weighted by Gasteiger charge is 2.05. The van der Waals surface area contributed by atoms with Gasteiger partial charge in [-0.25, -0.2) is 0 Å². The summed E-state index contributed by atoms with van der Waals surface area (Å²) >= 11 is 5.99. The number of benzene rings is 2. The van der Waals surface area contributed by atoms with Gasteiger partial charge in [0.2, 0.25) is 0 Å². The number of hydrogen-bond donors (Lipinski definition) is 1. The SMILES string of the molecule is CC(O)c1ccc(Cl)cc1C=Cc1ccccc1. The zero-order chi connectivity index (χ0) is 13.0. The third-order valence-corrected chi connectivity index (χ3v) is 2.99. The topological polar surface area (TPSA) is 20.2 Å². The Morgan fingerprint density at radius 2 is 1.78 bits per heavy atom. The van der Waals surface area contributed by atoms with Gasteiger partial charge in [0.05, 0.1) is 6.10 Å². The number of rotatable bonds is 3. The highest BCUT2D eigenvalue weighted by molar-refractivity contribution is 6.30. The molecule has 0 spiro atoms. The second kappa shape index (κ2) is 5.85. The van der Waals surface area contributed by atoms with Crippen molar-refractivity contribution in [2.75, 3.05) is 0 Å². The summed E-state index contributed by atoms with van der Waals surface area (Å²) in [6, 6.07) is 15.6. The highest BCUT2D eigenvalue weighted by atomic mass is 35.5. The quantitative estimate of drug-likeness (QED) is 0.800. The molecule has 0 amide bonds. The number of hydrogen-bond acceptors (Lipinski definition) is 1. The molecule has 1 N–H and O–H groups in total. The van der Waals surface area contributed by atoms with Crippen molar-refractivity contribution in [2.45, 2.75) is 13.0 Å². The third-order valence-electron chi connectivity index (χ3n) is 2.75. The Morgan fingerprint density at radius 1 is 1.06 bits per heavy atom. The molecule has 2 aromatic carbocycles. The third kappa shape index (κ3) is 3.22. The summed E-state index contributed by atoms with van der Waals surface area (Å²) in [6.07, 6.45) is 3.48. The fourth-order valence-corrected chi connectivity index (χ4v) is 2.00. The largest absolute Gasteiger partial charge is 0.389 e. The van der Waals surface area contributed by atoms with Gasteiger partial charge >= 0.3 is 0 Å². The molecule has 0 aliphatic carbocycles. The minimum Gasteiger partial charge on any atom is -0.389 e. The molecule has 0 bridgehead atoms. The van der Waals surface area contributed by atoms with E-state index in [1.165, 1.54) is 0 Å². The highest BCUT2D eigenvalue weighted by Crippen LogP contribution is 2.23. The number of aliphatic hydroxyl groups is 1. The van der Waals surface area contributed by atoms with Crippen LogP contribution in [0.5, 0.6) is 0 Å². The summed E-state index contributed by atoms with van der Waals surface area (Å²) in [5.41, 5.74) is 2.95. The van der Waals surface area contributed by atoms with Gasteiger partial charge < -0.3 is 5.11 Å². The minimum absolute atomic E-state index is 0.502. The van der Waals surface area contributed by atoms with Crippen molar-refractivity contribution in [1.82, 2.24) is 0 Å². The van der Waals surface area contributed by atoms with Crippen LogP contribution in [0, 0.1) is 0 Å². The summed E-state index contributed by atoms with van der Waals surface area (Å²) in [4.78, 5) is 0. The van der Waals surface area contributed by atoms with Crippen LogP contribution < -0.4 is 0 Å². The van der Waals surface area contributed by atoms with E-state index in [0.29, 0.717) is 5.02 Å². The maximum Gasteiger partial charge on any atom is 0.0767 e. The van der Waals surface area contributed by atoms with Gasteiger partial charge in [-0.1, -0.05) is 60.2 Å². The van der Waals surface area contributed by atoms with Crippen molar-refractivity contribution in [3.05, 3.63) is 70.2 Å². The Kier molecular flexibility index (Phi) is 4.19. The molecule has 0 aliphatic heterocycles. The van der Waals surface area contributed by atoms with Crippen LogP contribution in [0.3, 0.4) is 0 Å². The van der Waals surface area contributed by atoms with E-state index in [1.54, 1.807) is 13.0 Å². The van der Waals surface area contributed by atoms with Crippen molar-refractivity contribution in [3.63, 3.8) is 0 Å². The molecule has 1 unspecified atom stereocenters. The van der Waals surface area contributed by atoms with Crippen molar-refractivity contribution >= 4 is 23.8 Å². The second-order valence-electron chi connectivity index (χ2n) is 4.19. The van der Waals surface area contributed by atoms with Crippen molar-refractivity contribution in [3.8, 4) is 0 Å². The Labute approximate surface area is 112 Å². The molecular formula is C16H15ClO. The fourth-order valence-electron chi connectivity index (χ4n) is 1.82. The summed E-state index contributed by atoms with van der Waals surface area (Å²) in [7, 11) is 0. The van der Waals surface area contributed by atoms with Crippen molar-refractivity contribution < 1.29 is 5.11 Å². The molecule has 0 aromatic heterocycles. The fraction of sp³-hybridized carbons (Fsp3) is 0.125. The average molecular weight is 259 g/mol. The lowest BCUT2D eigenvalue weighted by molar-refractivity contribution is 0.199. The average Bonchev–Trinajstić information content (AvgIpc) is 2.37. The van der Waals surface area contributed by atoms with Crippen LogP contribution in [0.15, 0.2) is 48.5 Å². The molecule has 92 valence electrons. The van der Waals surface area contributed by atoms with Gasteiger partial charge in [0, 0.05) is 5.02 Å². The van der Waals surface area contributed by atoms with Crippen LogP contribution in [-0.4, -0.2) is 5.11 Å². The van der Waals surface area contributed by atoms with Gasteiger partial charge in [-0.05, 0) is 35.7 Å². The standard InChI is InChI=1S/C16H15ClO/c1-12(18)16-10-9-15(17)11-14(16)8-7-13-5-3-2-4-6-13/h2-12,18H,1H3. The Bertz CT molecular complexity index is 544.